The molecule has 1 N–H and O–H groups in total. The van der Waals surface area contributed by atoms with Crippen LogP contribution in [0.2, 0.25) is 0 Å². The van der Waals surface area contributed by atoms with E-state index in [4.69, 9.17) is 0 Å². The van der Waals surface area contributed by atoms with Gasteiger partial charge in [0.15, 0.2) is 5.37 Å². The minimum atomic E-state index is -3.89. The Balaban J connectivity index is 2.19. The number of aliphatic carboxylic acids is 1. The van der Waals surface area contributed by atoms with Crippen LogP contribution in [0, 0.1) is 0 Å². The summed E-state index contributed by atoms with van der Waals surface area (Å²) in [6.07, 6.45) is 0. The molecular weight excluding hydrogens is 348 g/mol. The van der Waals surface area contributed by atoms with Crippen molar-refractivity contribution >= 4 is 44.2 Å². The first-order valence-electron chi connectivity index (χ1n) is 7.39. The Kier molecular flexibility index (Phi) is 4.46. The Hall–Kier alpha value is -1.77. The first-order chi connectivity index (χ1) is 11.3. The highest BCUT2D eigenvalue weighted by Gasteiger charge is 2.40. The standard InChI is InChI=1S/C16H18N2O4S2/c1-17(2)13-7-3-6-12-11(13)5-4-8-14(12)24(21,22)18-9-10-23-15(18)16(19)20/h3-8,15H,9-10H2,1-2H3,(H,19,20). The molecule has 3 rings (SSSR count). The Morgan fingerprint density at radius 2 is 1.88 bits per heavy atom. The highest BCUT2D eigenvalue weighted by atomic mass is 32.2. The monoisotopic (exact) mass is 366 g/mol. The van der Waals surface area contributed by atoms with Crippen LogP contribution < -0.4 is 4.90 Å². The van der Waals surface area contributed by atoms with Crippen molar-refractivity contribution in [2.24, 2.45) is 0 Å². The molecule has 6 nitrogen and oxygen atoms in total. The normalized spacial score (nSPS) is 18.8. The van der Waals surface area contributed by atoms with Crippen LogP contribution in [0.25, 0.3) is 10.8 Å². The third-order valence-electron chi connectivity index (χ3n) is 3.99. The number of benzene rings is 2. The van der Waals surface area contributed by atoms with Gasteiger partial charge in [0.25, 0.3) is 0 Å². The van der Waals surface area contributed by atoms with Gasteiger partial charge in [0, 0.05) is 42.9 Å². The van der Waals surface area contributed by atoms with Crippen LogP contribution in [0.4, 0.5) is 5.69 Å². The van der Waals surface area contributed by atoms with Gasteiger partial charge >= 0.3 is 5.97 Å². The van der Waals surface area contributed by atoms with E-state index in [2.05, 4.69) is 0 Å². The largest absolute Gasteiger partial charge is 0.479 e. The van der Waals surface area contributed by atoms with E-state index in [1.54, 1.807) is 18.2 Å². The molecule has 0 spiro atoms. The second-order valence-corrected chi connectivity index (χ2v) is 8.75. The first kappa shape index (κ1) is 17.1. The molecule has 1 atom stereocenters. The number of anilines is 1. The number of nitrogens with zero attached hydrogens (tertiary/aromatic N) is 2. The lowest BCUT2D eigenvalue weighted by Crippen LogP contribution is -2.39. The number of sulfonamides is 1. The highest BCUT2D eigenvalue weighted by molar-refractivity contribution is 8.02. The smallest absolute Gasteiger partial charge is 0.332 e. The van der Waals surface area contributed by atoms with Gasteiger partial charge in [0.2, 0.25) is 10.0 Å². The van der Waals surface area contributed by atoms with Gasteiger partial charge in [-0.3, -0.25) is 0 Å². The van der Waals surface area contributed by atoms with Crippen molar-refractivity contribution in [3.8, 4) is 0 Å². The summed E-state index contributed by atoms with van der Waals surface area (Å²) in [7, 11) is -0.0961. The lowest BCUT2D eigenvalue weighted by atomic mass is 10.1. The van der Waals surface area contributed by atoms with Gasteiger partial charge in [-0.1, -0.05) is 24.3 Å². The Morgan fingerprint density at radius 3 is 2.54 bits per heavy atom. The van der Waals surface area contributed by atoms with Crippen LogP contribution in [0.15, 0.2) is 41.3 Å². The molecule has 0 saturated carbocycles. The van der Waals surface area contributed by atoms with Gasteiger partial charge in [0.1, 0.15) is 0 Å². The van der Waals surface area contributed by atoms with E-state index in [0.717, 1.165) is 27.1 Å². The number of fused-ring (bicyclic) bond motifs is 1. The number of carboxylic acid groups (broad SMARTS) is 1. The van der Waals surface area contributed by atoms with Gasteiger partial charge in [-0.05, 0) is 12.1 Å². The summed E-state index contributed by atoms with van der Waals surface area (Å²) < 4.78 is 27.2. The van der Waals surface area contributed by atoms with Crippen LogP contribution in [0.5, 0.6) is 0 Å². The predicted molar refractivity (Wildman–Crippen MR) is 96.0 cm³/mol. The molecular formula is C16H18N2O4S2. The zero-order valence-electron chi connectivity index (χ0n) is 13.3. The molecule has 1 unspecified atom stereocenters. The van der Waals surface area contributed by atoms with Crippen molar-refractivity contribution in [2.45, 2.75) is 10.3 Å². The van der Waals surface area contributed by atoms with Crippen LogP contribution in [0.1, 0.15) is 0 Å². The molecule has 1 fully saturated rings. The van der Waals surface area contributed by atoms with Crippen molar-refractivity contribution in [2.75, 3.05) is 31.3 Å². The maximum absolute atomic E-state index is 13.1. The molecule has 1 aliphatic heterocycles. The van der Waals surface area contributed by atoms with E-state index in [9.17, 15) is 18.3 Å². The Bertz CT molecular complexity index is 896. The zero-order chi connectivity index (χ0) is 17.5. The molecule has 1 heterocycles. The Labute approximate surface area is 145 Å². The summed E-state index contributed by atoms with van der Waals surface area (Å²) in [6.45, 7) is 0.202. The molecule has 1 saturated heterocycles. The van der Waals surface area contributed by atoms with Crippen molar-refractivity contribution in [1.82, 2.24) is 4.31 Å². The van der Waals surface area contributed by atoms with Crippen LogP contribution in [-0.2, 0) is 14.8 Å². The van der Waals surface area contributed by atoms with Gasteiger partial charge in [-0.15, -0.1) is 11.8 Å². The molecule has 2 aromatic rings. The second-order valence-electron chi connectivity index (χ2n) is 5.70. The van der Waals surface area contributed by atoms with E-state index in [0.29, 0.717) is 11.1 Å². The first-order valence-corrected chi connectivity index (χ1v) is 9.88. The molecule has 0 amide bonds. The molecule has 0 bridgehead atoms. The molecule has 0 aromatic heterocycles. The van der Waals surface area contributed by atoms with Crippen molar-refractivity contribution in [3.63, 3.8) is 0 Å². The lowest BCUT2D eigenvalue weighted by Gasteiger charge is -2.22. The minimum absolute atomic E-state index is 0.150. The fourth-order valence-corrected chi connectivity index (χ4v) is 6.11. The zero-order valence-corrected chi connectivity index (χ0v) is 15.0. The van der Waals surface area contributed by atoms with Crippen molar-refractivity contribution in [1.29, 1.82) is 0 Å². The maximum Gasteiger partial charge on any atom is 0.332 e. The average molecular weight is 366 g/mol. The van der Waals surface area contributed by atoms with E-state index in [1.807, 2.05) is 37.2 Å². The quantitative estimate of drug-likeness (QED) is 0.892. The predicted octanol–water partition coefficient (Wildman–Crippen LogP) is 2.05. The van der Waals surface area contributed by atoms with E-state index < -0.39 is 21.4 Å². The number of carboxylic acids is 1. The van der Waals surface area contributed by atoms with Crippen molar-refractivity contribution < 1.29 is 18.3 Å². The summed E-state index contributed by atoms with van der Waals surface area (Å²) in [5, 5.41) is 9.65. The minimum Gasteiger partial charge on any atom is -0.479 e. The molecule has 2 aromatic carbocycles. The fraction of sp³-hybridized carbons (Fsp3) is 0.312. The number of rotatable bonds is 4. The molecule has 8 heteroatoms. The summed E-state index contributed by atoms with van der Waals surface area (Å²) in [5.41, 5.74) is 0.912. The fourth-order valence-electron chi connectivity index (χ4n) is 2.90. The maximum atomic E-state index is 13.1. The number of carbonyl (C=O) groups is 1. The van der Waals surface area contributed by atoms with Gasteiger partial charge in [0.05, 0.1) is 4.90 Å². The van der Waals surface area contributed by atoms with Gasteiger partial charge in [-0.25, -0.2) is 13.2 Å². The van der Waals surface area contributed by atoms with Crippen LogP contribution in [-0.4, -0.2) is 55.6 Å². The average Bonchev–Trinajstić information content (AvgIpc) is 3.04. The van der Waals surface area contributed by atoms with E-state index >= 15 is 0 Å². The van der Waals surface area contributed by atoms with E-state index in [-0.39, 0.29) is 11.4 Å². The molecule has 0 aliphatic carbocycles. The SMILES string of the molecule is CN(C)c1cccc2c(S(=O)(=O)N3CCSC3C(=O)O)cccc12. The molecule has 24 heavy (non-hydrogen) atoms. The number of thioether (sulfide) groups is 1. The third kappa shape index (κ3) is 2.74. The lowest BCUT2D eigenvalue weighted by molar-refractivity contribution is -0.138. The summed E-state index contributed by atoms with van der Waals surface area (Å²) in [5.74, 6) is -0.653. The van der Waals surface area contributed by atoms with Crippen molar-refractivity contribution in [3.05, 3.63) is 36.4 Å². The number of hydrogen-bond donors (Lipinski definition) is 1. The van der Waals surface area contributed by atoms with Crippen LogP contribution in [0.3, 0.4) is 0 Å². The molecule has 1 aliphatic rings. The van der Waals surface area contributed by atoms with Gasteiger partial charge in [-0.2, -0.15) is 4.31 Å². The Morgan fingerprint density at radius 1 is 1.21 bits per heavy atom. The summed E-state index contributed by atoms with van der Waals surface area (Å²) in [6, 6.07) is 10.6. The second kappa shape index (κ2) is 6.27. The molecule has 128 valence electrons. The third-order valence-corrected chi connectivity index (χ3v) is 7.23. The topological polar surface area (TPSA) is 77.9 Å². The van der Waals surface area contributed by atoms with Crippen LogP contribution >= 0.6 is 11.8 Å². The molecule has 0 radical (unpaired) electrons. The van der Waals surface area contributed by atoms with E-state index in [1.165, 1.54) is 0 Å². The summed E-state index contributed by atoms with van der Waals surface area (Å²) >= 11 is 1.13. The number of hydrogen-bond acceptors (Lipinski definition) is 5. The summed E-state index contributed by atoms with van der Waals surface area (Å²) in [4.78, 5) is 13.4. The highest BCUT2D eigenvalue weighted by Crippen LogP contribution is 2.35. The van der Waals surface area contributed by atoms with Gasteiger partial charge < -0.3 is 10.0 Å².